The maximum Gasteiger partial charge on any atom is 0.326 e. The zero-order valence-electron chi connectivity index (χ0n) is 58.3. The molecule has 24 aromatic rings. The van der Waals surface area contributed by atoms with E-state index in [0.717, 1.165) is 163 Å². The van der Waals surface area contributed by atoms with E-state index in [-0.39, 0.29) is 159 Å². The molecule has 24 aromatic carbocycles. The van der Waals surface area contributed by atoms with Crippen molar-refractivity contribution in [1.82, 2.24) is 0 Å². The van der Waals surface area contributed by atoms with E-state index in [0.29, 0.717) is 0 Å². The predicted octanol–water partition coefficient (Wildman–Crippen LogP) is 11.1. The summed E-state index contributed by atoms with van der Waals surface area (Å²) in [4.78, 5) is 71.5. The Balaban J connectivity index is 0.774. The van der Waals surface area contributed by atoms with Gasteiger partial charge in [-0.2, -0.15) is 0 Å². The molecule has 0 aliphatic heterocycles. The van der Waals surface area contributed by atoms with Gasteiger partial charge in [0.15, 0.2) is 10.8 Å². The van der Waals surface area contributed by atoms with Crippen LogP contribution >= 0.6 is 0 Å². The van der Waals surface area contributed by atoms with Crippen molar-refractivity contribution in [3.05, 3.63) is 44.5 Å². The number of carbonyl (C=O) groups excluding carboxylic acids is 4. The Morgan fingerprint density at radius 1 is 0.164 bits per heavy atom. The molecule has 4 spiro atoms. The van der Waals surface area contributed by atoms with E-state index >= 15 is 19.2 Å². The molecule has 0 amide bonds. The average Bonchev–Trinajstić information content (AvgIpc) is 1.34. The number of esters is 4. The second-order valence-corrected chi connectivity index (χ2v) is 33.8. The average molecular weight is 1450 g/mol. The molecule has 4 atom stereocenters. The Morgan fingerprint density at radius 2 is 0.273 bits per heavy atom. The van der Waals surface area contributed by atoms with Gasteiger partial charge in [0, 0.05) is 0 Å². The van der Waals surface area contributed by atoms with Crippen molar-refractivity contribution in [1.29, 1.82) is 0 Å². The molecule has 10 aliphatic rings. The van der Waals surface area contributed by atoms with Crippen LogP contribution in [0.4, 0.5) is 0 Å². The minimum atomic E-state index is -2.13. The van der Waals surface area contributed by atoms with Gasteiger partial charge in [-0.05, 0) is 303 Å². The van der Waals surface area contributed by atoms with Crippen molar-refractivity contribution in [2.24, 2.45) is 10.8 Å². The van der Waals surface area contributed by atoms with Gasteiger partial charge in [-0.3, -0.25) is 19.2 Å². The van der Waals surface area contributed by atoms with Crippen molar-refractivity contribution in [2.75, 3.05) is 159 Å². The first-order valence-corrected chi connectivity index (χ1v) is 39.2. The number of ether oxygens (including phenoxy) is 12. The smallest absolute Gasteiger partial charge is 0.326 e. The molecule has 34 rings (SSSR count). The van der Waals surface area contributed by atoms with Gasteiger partial charge in [0.25, 0.3) is 0 Å². The summed E-state index contributed by atoms with van der Waals surface area (Å²) in [5.41, 5.74) is -2.28. The van der Waals surface area contributed by atoms with Crippen molar-refractivity contribution in [2.45, 2.75) is 21.7 Å². The summed E-state index contributed by atoms with van der Waals surface area (Å²) >= 11 is 0. The Morgan fingerprint density at radius 3 is 0.418 bits per heavy atom. The van der Waals surface area contributed by atoms with Crippen LogP contribution in [0.1, 0.15) is 44.5 Å². The summed E-state index contributed by atoms with van der Waals surface area (Å²) in [5.74, 6) is -2.73. The molecule has 20 nitrogen and oxygen atoms in total. The molecule has 4 N–H and O–H groups in total. The SMILES string of the molecule is O=C(OCCOCCOCCO)C1(C(=O)OCCOCCOCCO)C23c4c5c6c7c8c9c%10c%11c%12c%13c%14c%15c(c6c6c4c4c%16c%17c%18c(c%19c%20c2c5c8c2c%20c5c%19c8c%18c%18c%19c%17c%17c4c6c%15c4c%14c6c%12c%12c%14c%11c(c92)c5c%14c8c%18c%12c6c%19c4%17)C%1613)C71C(C(=O)OCCOCCOCCO)(C(=O)OCCOCCOCCO)C%10%131. The summed E-state index contributed by atoms with van der Waals surface area (Å²) in [6.07, 6.45) is 0. The molecular formula is C90H52O20. The molecule has 0 heterocycles. The van der Waals surface area contributed by atoms with Crippen LogP contribution in [0.5, 0.6) is 0 Å². The van der Waals surface area contributed by atoms with Crippen molar-refractivity contribution >= 4 is 282 Å². The maximum absolute atomic E-state index is 17.9. The Labute approximate surface area is 611 Å². The molecular weight excluding hydrogens is 1400 g/mol. The number of aliphatic hydroxyl groups excluding tert-OH is 4. The topological polar surface area (TPSA) is 260 Å². The van der Waals surface area contributed by atoms with Crippen LogP contribution in [0.2, 0.25) is 0 Å². The molecule has 20 heteroatoms. The number of hydrogen-bond donors (Lipinski definition) is 4. The second-order valence-electron chi connectivity index (χ2n) is 33.8. The van der Waals surface area contributed by atoms with E-state index in [1.165, 1.54) is 140 Å². The number of carbonyl (C=O) groups is 4. The number of hydrogen-bond acceptors (Lipinski definition) is 20. The molecule has 0 bridgehead atoms. The predicted molar refractivity (Wildman–Crippen MR) is 411 cm³/mol. The van der Waals surface area contributed by atoms with Gasteiger partial charge in [-0.1, -0.05) is 0 Å². The van der Waals surface area contributed by atoms with E-state index in [2.05, 4.69) is 0 Å². The summed E-state index contributed by atoms with van der Waals surface area (Å²) in [7, 11) is 0. The Bertz CT molecular complexity index is 7930. The van der Waals surface area contributed by atoms with Gasteiger partial charge in [0.2, 0.25) is 0 Å². The number of benzene rings is 16. The van der Waals surface area contributed by atoms with E-state index in [4.69, 9.17) is 56.8 Å². The highest BCUT2D eigenvalue weighted by atomic mass is 16.6. The third-order valence-electron chi connectivity index (χ3n) is 31.7. The van der Waals surface area contributed by atoms with Crippen molar-refractivity contribution in [3.8, 4) is 0 Å². The first-order chi connectivity index (χ1) is 54.4. The van der Waals surface area contributed by atoms with E-state index in [9.17, 15) is 20.4 Å². The lowest BCUT2D eigenvalue weighted by Gasteiger charge is -2.32. The standard InChI is InChI=1S/C90H52O20/c91-1-5-99-9-13-103-17-21-107-81(95)89(82(96)108-22-18-104-14-10-100-6-2-92)85-73-57-45-33-25-26-30-27-31-39-47(35(27)33)59(57)75(85)65-53(39)44-52-42(31)50-38(30)46-34(26)36-28-29(25)37(45)49-41-32(28)40-48(36)60-58(46)74-62(50)64(52)78-70-55(44)67(65)79-71-69-56-43(51(41)63(61(49)73)77(69)87(79,85)89)54(40)66-68(56)80(72(70)71)88(78)86(74,76(60)66)90(88,83(97)109-23-19-105-15-11-101-7-3-93)84(98)110-24-20-106-16-12-102-8-4-94/h91-94H,1-24H2. The minimum Gasteiger partial charge on any atom is -0.462 e. The maximum atomic E-state index is 17.9. The molecule has 0 saturated heterocycles. The summed E-state index contributed by atoms with van der Waals surface area (Å²) in [6.45, 7) is 0.929. The third kappa shape index (κ3) is 4.15. The van der Waals surface area contributed by atoms with Gasteiger partial charge >= 0.3 is 23.9 Å². The molecule has 0 radical (unpaired) electrons. The number of aliphatic hydroxyl groups is 4. The zero-order valence-corrected chi connectivity index (χ0v) is 58.3. The summed E-state index contributed by atoms with van der Waals surface area (Å²) in [5, 5.41) is 94.8. The quantitative estimate of drug-likeness (QED) is 0.00935. The Kier molecular flexibility index (Phi) is 8.34. The van der Waals surface area contributed by atoms with Crippen LogP contribution < -0.4 is 0 Å². The lowest BCUT2D eigenvalue weighted by atomic mass is 9.67. The summed E-state index contributed by atoms with van der Waals surface area (Å²) in [6, 6.07) is 0. The highest BCUT2D eigenvalue weighted by Crippen LogP contribution is 3.00. The largest absolute Gasteiger partial charge is 0.462 e. The Hall–Kier alpha value is -9.88. The fourth-order valence-corrected chi connectivity index (χ4v) is 30.8. The molecule has 4 unspecified atom stereocenters. The molecule has 10 aliphatic carbocycles. The molecule has 2 fully saturated rings. The third-order valence-corrected chi connectivity index (χ3v) is 31.7. The van der Waals surface area contributed by atoms with E-state index < -0.39 is 56.4 Å². The monoisotopic (exact) mass is 1450 g/mol. The van der Waals surface area contributed by atoms with Crippen LogP contribution in [-0.2, 0) is 97.7 Å². The van der Waals surface area contributed by atoms with Crippen LogP contribution in [0.15, 0.2) is 0 Å². The fourth-order valence-electron chi connectivity index (χ4n) is 30.8. The molecule has 110 heavy (non-hydrogen) atoms. The van der Waals surface area contributed by atoms with Crippen LogP contribution in [0.3, 0.4) is 0 Å². The zero-order chi connectivity index (χ0) is 71.1. The van der Waals surface area contributed by atoms with Crippen molar-refractivity contribution < 1.29 is 96.4 Å². The van der Waals surface area contributed by atoms with E-state index in [1.807, 2.05) is 0 Å². The minimum absolute atomic E-state index is 0.00236. The lowest BCUT2D eigenvalue weighted by molar-refractivity contribution is -0.170. The first kappa shape index (κ1) is 56.4. The fraction of sp³-hybridized carbons (Fsp3) is 0.333. The van der Waals surface area contributed by atoms with Crippen LogP contribution in [0, 0.1) is 10.8 Å². The van der Waals surface area contributed by atoms with Gasteiger partial charge in [0.1, 0.15) is 26.4 Å². The highest BCUT2D eigenvalue weighted by Gasteiger charge is 3.04. The van der Waals surface area contributed by atoms with Crippen LogP contribution in [0.25, 0.3) is 259 Å². The molecule has 0 aromatic heterocycles. The van der Waals surface area contributed by atoms with Gasteiger partial charge in [0.05, 0.1) is 154 Å². The lowest BCUT2D eigenvalue weighted by Crippen LogP contribution is -2.39. The van der Waals surface area contributed by atoms with Crippen molar-refractivity contribution in [3.63, 3.8) is 0 Å². The van der Waals surface area contributed by atoms with Gasteiger partial charge in [-0.15, -0.1) is 0 Å². The normalized spacial score (nSPS) is 22.5. The highest BCUT2D eigenvalue weighted by molar-refractivity contribution is 6.79. The molecule has 2 saturated carbocycles. The summed E-state index contributed by atoms with van der Waals surface area (Å²) < 4.78 is 75.3. The van der Waals surface area contributed by atoms with Gasteiger partial charge in [-0.25, -0.2) is 0 Å². The first-order valence-electron chi connectivity index (χ1n) is 39.2. The second kappa shape index (κ2) is 16.3. The van der Waals surface area contributed by atoms with E-state index in [1.54, 1.807) is 0 Å². The van der Waals surface area contributed by atoms with Gasteiger partial charge < -0.3 is 77.3 Å². The molecule has 532 valence electrons. The number of rotatable bonds is 36. The van der Waals surface area contributed by atoms with Crippen LogP contribution in [-0.4, -0.2) is 203 Å².